The van der Waals surface area contributed by atoms with Crippen molar-refractivity contribution in [2.45, 2.75) is 91.4 Å². The molecule has 0 amide bonds. The van der Waals surface area contributed by atoms with Gasteiger partial charge in [-0.15, -0.1) is 0 Å². The molecule has 0 N–H and O–H groups in total. The van der Waals surface area contributed by atoms with Crippen molar-refractivity contribution >= 4 is 11.9 Å². The molecule has 0 radical (unpaired) electrons. The standard InChI is InChI=1S/C23H40O4/c1-4-5-6-7-8-9-12-17-26-22(24)20-15-10-11-16-21(20)23(25)27-18-13-14-19(2)3/h10-11,19-21H,4-9,12-18H2,1-3H3. The second-order valence-corrected chi connectivity index (χ2v) is 8.15. The fraction of sp³-hybridized carbons (Fsp3) is 0.826. The number of hydrogen-bond acceptors (Lipinski definition) is 4. The summed E-state index contributed by atoms with van der Waals surface area (Å²) < 4.78 is 10.9. The lowest BCUT2D eigenvalue weighted by atomic mass is 9.83. The van der Waals surface area contributed by atoms with Crippen LogP contribution in [0.1, 0.15) is 91.4 Å². The van der Waals surface area contributed by atoms with Gasteiger partial charge < -0.3 is 9.47 Å². The summed E-state index contributed by atoms with van der Waals surface area (Å²) in [5, 5.41) is 0. The van der Waals surface area contributed by atoms with E-state index in [1.165, 1.54) is 32.1 Å². The number of hydrogen-bond donors (Lipinski definition) is 0. The summed E-state index contributed by atoms with van der Waals surface area (Å²) in [6, 6.07) is 0. The Labute approximate surface area is 166 Å². The normalized spacial score (nSPS) is 19.3. The molecule has 0 saturated heterocycles. The molecule has 156 valence electrons. The van der Waals surface area contributed by atoms with Gasteiger partial charge in [-0.25, -0.2) is 0 Å². The van der Waals surface area contributed by atoms with Crippen LogP contribution in [0.2, 0.25) is 0 Å². The maximum absolute atomic E-state index is 12.4. The van der Waals surface area contributed by atoms with Gasteiger partial charge >= 0.3 is 11.9 Å². The van der Waals surface area contributed by atoms with E-state index in [-0.39, 0.29) is 11.9 Å². The van der Waals surface area contributed by atoms with E-state index in [0.29, 0.717) is 32.0 Å². The lowest BCUT2D eigenvalue weighted by Crippen LogP contribution is -2.34. The Morgan fingerprint density at radius 1 is 0.815 bits per heavy atom. The van der Waals surface area contributed by atoms with Crippen LogP contribution in [0.25, 0.3) is 0 Å². The summed E-state index contributed by atoms with van der Waals surface area (Å²) in [5.74, 6) is -0.668. The zero-order chi connectivity index (χ0) is 19.9. The monoisotopic (exact) mass is 380 g/mol. The number of unbranched alkanes of at least 4 members (excludes halogenated alkanes) is 6. The molecule has 0 bridgehead atoms. The van der Waals surface area contributed by atoms with Crippen molar-refractivity contribution in [3.05, 3.63) is 12.2 Å². The number of carbonyl (C=O) groups is 2. The van der Waals surface area contributed by atoms with Crippen LogP contribution < -0.4 is 0 Å². The maximum Gasteiger partial charge on any atom is 0.310 e. The minimum absolute atomic E-state index is 0.241. The summed E-state index contributed by atoms with van der Waals surface area (Å²) in [7, 11) is 0. The lowest BCUT2D eigenvalue weighted by molar-refractivity contribution is -0.161. The quantitative estimate of drug-likeness (QED) is 0.216. The summed E-state index contributed by atoms with van der Waals surface area (Å²) in [6.07, 6.45) is 15.3. The van der Waals surface area contributed by atoms with Gasteiger partial charge in [-0.05, 0) is 38.0 Å². The molecule has 1 aliphatic rings. The first kappa shape index (κ1) is 23.7. The topological polar surface area (TPSA) is 52.6 Å². The summed E-state index contributed by atoms with van der Waals surface area (Å²) in [5.41, 5.74) is 0. The van der Waals surface area contributed by atoms with E-state index in [9.17, 15) is 9.59 Å². The highest BCUT2D eigenvalue weighted by Crippen LogP contribution is 2.28. The van der Waals surface area contributed by atoms with Crippen molar-refractivity contribution in [2.75, 3.05) is 13.2 Å². The average Bonchev–Trinajstić information content (AvgIpc) is 2.66. The molecule has 1 rings (SSSR count). The van der Waals surface area contributed by atoms with Gasteiger partial charge in [0.2, 0.25) is 0 Å². The number of esters is 2. The van der Waals surface area contributed by atoms with Crippen LogP contribution in [0.3, 0.4) is 0 Å². The largest absolute Gasteiger partial charge is 0.465 e. The smallest absolute Gasteiger partial charge is 0.310 e. The van der Waals surface area contributed by atoms with Crippen molar-refractivity contribution in [1.82, 2.24) is 0 Å². The molecule has 1 aliphatic carbocycles. The zero-order valence-corrected chi connectivity index (χ0v) is 17.7. The van der Waals surface area contributed by atoms with Crippen molar-refractivity contribution in [2.24, 2.45) is 17.8 Å². The molecular weight excluding hydrogens is 340 g/mol. The zero-order valence-electron chi connectivity index (χ0n) is 17.7. The Hall–Kier alpha value is -1.32. The van der Waals surface area contributed by atoms with Crippen molar-refractivity contribution in [3.63, 3.8) is 0 Å². The van der Waals surface area contributed by atoms with E-state index in [0.717, 1.165) is 25.7 Å². The number of allylic oxidation sites excluding steroid dienone is 2. The van der Waals surface area contributed by atoms with Crippen LogP contribution in [0.15, 0.2) is 12.2 Å². The van der Waals surface area contributed by atoms with E-state index >= 15 is 0 Å². The summed E-state index contributed by atoms with van der Waals surface area (Å²) in [4.78, 5) is 24.8. The minimum Gasteiger partial charge on any atom is -0.465 e. The van der Waals surface area contributed by atoms with Crippen LogP contribution in [0.4, 0.5) is 0 Å². The predicted molar refractivity (Wildman–Crippen MR) is 109 cm³/mol. The van der Waals surface area contributed by atoms with Gasteiger partial charge in [0.25, 0.3) is 0 Å². The second kappa shape index (κ2) is 14.7. The average molecular weight is 381 g/mol. The minimum atomic E-state index is -0.393. The van der Waals surface area contributed by atoms with Crippen molar-refractivity contribution in [3.8, 4) is 0 Å². The number of carbonyl (C=O) groups excluding carboxylic acids is 2. The number of rotatable bonds is 14. The van der Waals surface area contributed by atoms with Gasteiger partial charge in [0.15, 0.2) is 0 Å². The molecule has 0 spiro atoms. The Kier molecular flexibility index (Phi) is 12.9. The highest BCUT2D eigenvalue weighted by molar-refractivity contribution is 5.82. The van der Waals surface area contributed by atoms with Crippen molar-refractivity contribution in [1.29, 1.82) is 0 Å². The molecule has 0 aromatic carbocycles. The molecule has 4 heteroatoms. The van der Waals surface area contributed by atoms with Gasteiger partial charge in [-0.3, -0.25) is 9.59 Å². The predicted octanol–water partition coefficient (Wildman–Crippen LogP) is 5.84. The molecule has 2 unspecified atom stereocenters. The third-order valence-corrected chi connectivity index (χ3v) is 5.20. The first-order valence-corrected chi connectivity index (χ1v) is 11.0. The Balaban J connectivity index is 2.27. The van der Waals surface area contributed by atoms with E-state index in [2.05, 4.69) is 20.8 Å². The first-order chi connectivity index (χ1) is 13.1. The number of ether oxygens (including phenoxy) is 2. The Bertz CT molecular complexity index is 442. The third kappa shape index (κ3) is 10.6. The molecule has 2 atom stereocenters. The highest BCUT2D eigenvalue weighted by Gasteiger charge is 2.36. The Morgan fingerprint density at radius 2 is 1.30 bits per heavy atom. The van der Waals surface area contributed by atoms with Crippen molar-refractivity contribution < 1.29 is 19.1 Å². The van der Waals surface area contributed by atoms with Gasteiger partial charge in [-0.2, -0.15) is 0 Å². The van der Waals surface area contributed by atoms with E-state index in [1.54, 1.807) is 0 Å². The van der Waals surface area contributed by atoms with Crippen LogP contribution in [0.5, 0.6) is 0 Å². The molecule has 0 aliphatic heterocycles. The van der Waals surface area contributed by atoms with E-state index < -0.39 is 11.8 Å². The maximum atomic E-state index is 12.4. The molecule has 0 saturated carbocycles. The van der Waals surface area contributed by atoms with Gasteiger partial charge in [0.05, 0.1) is 25.0 Å². The lowest BCUT2D eigenvalue weighted by Gasteiger charge is -2.25. The van der Waals surface area contributed by atoms with Gasteiger partial charge in [0, 0.05) is 0 Å². The molecular formula is C23H40O4. The Morgan fingerprint density at radius 3 is 1.81 bits per heavy atom. The molecule has 0 heterocycles. The van der Waals surface area contributed by atoms with Gasteiger partial charge in [0.1, 0.15) is 0 Å². The van der Waals surface area contributed by atoms with Crippen LogP contribution in [-0.4, -0.2) is 25.2 Å². The van der Waals surface area contributed by atoms with E-state index in [1.807, 2.05) is 12.2 Å². The van der Waals surface area contributed by atoms with Crippen LogP contribution in [-0.2, 0) is 19.1 Å². The molecule has 4 nitrogen and oxygen atoms in total. The molecule has 27 heavy (non-hydrogen) atoms. The van der Waals surface area contributed by atoms with Crippen LogP contribution in [0, 0.1) is 17.8 Å². The summed E-state index contributed by atoms with van der Waals surface area (Å²) in [6.45, 7) is 7.44. The molecule has 0 aromatic rings. The van der Waals surface area contributed by atoms with Crippen LogP contribution >= 0.6 is 0 Å². The van der Waals surface area contributed by atoms with E-state index in [4.69, 9.17) is 9.47 Å². The third-order valence-electron chi connectivity index (χ3n) is 5.20. The first-order valence-electron chi connectivity index (χ1n) is 11.0. The summed E-state index contributed by atoms with van der Waals surface area (Å²) >= 11 is 0. The second-order valence-electron chi connectivity index (χ2n) is 8.15. The SMILES string of the molecule is CCCCCCCCCOC(=O)C1CC=CCC1C(=O)OCCCC(C)C. The highest BCUT2D eigenvalue weighted by atomic mass is 16.5. The van der Waals surface area contributed by atoms with Gasteiger partial charge in [-0.1, -0.05) is 71.4 Å². The molecule has 0 aromatic heterocycles. The fourth-order valence-corrected chi connectivity index (χ4v) is 3.45. The molecule has 0 fully saturated rings. The fourth-order valence-electron chi connectivity index (χ4n) is 3.45.